The molecule has 0 amide bonds. The Labute approximate surface area is 151 Å². The van der Waals surface area contributed by atoms with Crippen molar-refractivity contribution in [2.75, 3.05) is 43.3 Å². The number of benzene rings is 1. The minimum atomic E-state index is -0.378. The molecule has 3 aliphatic rings. The lowest BCUT2D eigenvalue weighted by molar-refractivity contribution is -0.169. The number of aromatic nitrogens is 2. The Bertz CT molecular complexity index is 800. The molecule has 1 aromatic carbocycles. The van der Waals surface area contributed by atoms with Crippen LogP contribution in [0.25, 0.3) is 0 Å². The van der Waals surface area contributed by atoms with E-state index in [2.05, 4.69) is 20.2 Å². The van der Waals surface area contributed by atoms with Crippen LogP contribution in [0.5, 0.6) is 11.5 Å². The van der Waals surface area contributed by atoms with Crippen molar-refractivity contribution in [1.29, 1.82) is 0 Å². The third-order valence-electron chi connectivity index (χ3n) is 4.93. The second-order valence-corrected chi connectivity index (χ2v) is 6.53. The Morgan fingerprint density at radius 1 is 1.00 bits per heavy atom. The Morgan fingerprint density at radius 3 is 2.65 bits per heavy atom. The number of hydrogen-bond donors (Lipinski definition) is 1. The lowest BCUT2D eigenvalue weighted by Crippen LogP contribution is -2.45. The number of hydrogen-bond acceptors (Lipinski definition) is 8. The molecule has 3 aliphatic heterocycles. The third kappa shape index (κ3) is 2.91. The van der Waals surface area contributed by atoms with Crippen molar-refractivity contribution < 1.29 is 18.9 Å². The van der Waals surface area contributed by atoms with E-state index in [0.29, 0.717) is 19.2 Å². The summed E-state index contributed by atoms with van der Waals surface area (Å²) in [4.78, 5) is 11.2. The van der Waals surface area contributed by atoms with E-state index in [1.165, 1.54) is 0 Å². The minimum Gasteiger partial charge on any atom is -0.454 e. The smallest absolute Gasteiger partial charge is 0.231 e. The molecule has 2 fully saturated rings. The highest BCUT2D eigenvalue weighted by Crippen LogP contribution is 2.35. The predicted molar refractivity (Wildman–Crippen MR) is 94.0 cm³/mol. The van der Waals surface area contributed by atoms with Crippen LogP contribution in [0.1, 0.15) is 12.8 Å². The van der Waals surface area contributed by atoms with Crippen molar-refractivity contribution in [2.24, 2.45) is 0 Å². The molecular formula is C18H20N4O4. The van der Waals surface area contributed by atoms with Gasteiger partial charge in [0.2, 0.25) is 12.7 Å². The molecule has 5 rings (SSSR count). The molecule has 1 N–H and O–H groups in total. The Balaban J connectivity index is 1.28. The van der Waals surface area contributed by atoms with Gasteiger partial charge in [-0.25, -0.2) is 4.98 Å². The summed E-state index contributed by atoms with van der Waals surface area (Å²) in [5, 5.41) is 3.23. The number of rotatable bonds is 3. The second kappa shape index (κ2) is 6.30. The molecule has 4 heterocycles. The standard InChI is InChI=1S/C18H20N4O4/c1-2-14-15(24-12-23-14)11-13(1)20-17-19-6-3-16(21-17)22-7-4-18(5-8-22)25-9-10-26-18/h1-3,6,11H,4-5,7-10,12H2,(H,19,20,21). The zero-order valence-electron chi connectivity index (χ0n) is 14.3. The van der Waals surface area contributed by atoms with Gasteiger partial charge in [-0.1, -0.05) is 0 Å². The van der Waals surface area contributed by atoms with Crippen LogP contribution in [0.2, 0.25) is 0 Å². The van der Waals surface area contributed by atoms with Crippen molar-refractivity contribution in [3.63, 3.8) is 0 Å². The van der Waals surface area contributed by atoms with Gasteiger partial charge in [-0.05, 0) is 18.2 Å². The van der Waals surface area contributed by atoms with Gasteiger partial charge in [0.05, 0.1) is 13.2 Å². The Kier molecular flexibility index (Phi) is 3.79. The van der Waals surface area contributed by atoms with E-state index < -0.39 is 0 Å². The van der Waals surface area contributed by atoms with E-state index in [9.17, 15) is 0 Å². The molecule has 2 saturated heterocycles. The molecule has 0 unspecified atom stereocenters. The van der Waals surface area contributed by atoms with Crippen LogP contribution in [0, 0.1) is 0 Å². The van der Waals surface area contributed by atoms with Gasteiger partial charge in [-0.15, -0.1) is 0 Å². The number of nitrogens with one attached hydrogen (secondary N) is 1. The molecule has 0 saturated carbocycles. The first kappa shape index (κ1) is 15.7. The zero-order chi connectivity index (χ0) is 17.4. The molecule has 0 atom stereocenters. The average Bonchev–Trinajstić information content (AvgIpc) is 3.32. The lowest BCUT2D eigenvalue weighted by atomic mass is 10.0. The van der Waals surface area contributed by atoms with Gasteiger partial charge in [0, 0.05) is 43.9 Å². The summed E-state index contributed by atoms with van der Waals surface area (Å²) in [7, 11) is 0. The van der Waals surface area contributed by atoms with E-state index in [-0.39, 0.29) is 12.6 Å². The summed E-state index contributed by atoms with van der Waals surface area (Å²) in [6.45, 7) is 3.34. The fraction of sp³-hybridized carbons (Fsp3) is 0.444. The highest BCUT2D eigenvalue weighted by molar-refractivity contribution is 5.61. The molecular weight excluding hydrogens is 336 g/mol. The van der Waals surface area contributed by atoms with Crippen LogP contribution in [-0.2, 0) is 9.47 Å². The molecule has 2 aromatic rings. The second-order valence-electron chi connectivity index (χ2n) is 6.53. The summed E-state index contributed by atoms with van der Waals surface area (Å²) in [5.74, 6) is 2.55. The summed E-state index contributed by atoms with van der Waals surface area (Å²) >= 11 is 0. The molecule has 0 radical (unpaired) electrons. The maximum absolute atomic E-state index is 5.79. The number of piperidine rings is 1. The predicted octanol–water partition coefficient (Wildman–Crippen LogP) is 2.29. The van der Waals surface area contributed by atoms with Gasteiger partial charge in [0.25, 0.3) is 0 Å². The first-order valence-corrected chi connectivity index (χ1v) is 8.82. The SMILES string of the molecule is c1cc(N2CCC3(CC2)OCCO3)nc(Nc2ccc3c(c2)OCO3)n1. The molecule has 1 aromatic heterocycles. The Hall–Kier alpha value is -2.58. The van der Waals surface area contributed by atoms with Crippen molar-refractivity contribution in [3.8, 4) is 11.5 Å². The fourth-order valence-corrected chi connectivity index (χ4v) is 3.55. The summed E-state index contributed by atoms with van der Waals surface area (Å²) in [6, 6.07) is 7.61. The zero-order valence-corrected chi connectivity index (χ0v) is 14.3. The van der Waals surface area contributed by atoms with Crippen molar-refractivity contribution >= 4 is 17.5 Å². The fourth-order valence-electron chi connectivity index (χ4n) is 3.55. The van der Waals surface area contributed by atoms with Crippen LogP contribution in [-0.4, -0.2) is 48.9 Å². The summed E-state index contributed by atoms with van der Waals surface area (Å²) in [6.07, 6.45) is 3.47. The number of fused-ring (bicyclic) bond motifs is 1. The van der Waals surface area contributed by atoms with Crippen LogP contribution in [0.15, 0.2) is 30.5 Å². The van der Waals surface area contributed by atoms with Crippen LogP contribution < -0.4 is 19.7 Å². The average molecular weight is 356 g/mol. The maximum Gasteiger partial charge on any atom is 0.231 e. The van der Waals surface area contributed by atoms with Crippen molar-refractivity contribution in [3.05, 3.63) is 30.5 Å². The van der Waals surface area contributed by atoms with E-state index in [4.69, 9.17) is 18.9 Å². The van der Waals surface area contributed by atoms with Crippen LogP contribution >= 0.6 is 0 Å². The van der Waals surface area contributed by atoms with Crippen LogP contribution in [0.3, 0.4) is 0 Å². The lowest BCUT2D eigenvalue weighted by Gasteiger charge is -2.38. The number of anilines is 3. The first-order chi connectivity index (χ1) is 12.8. The first-order valence-electron chi connectivity index (χ1n) is 8.82. The molecule has 26 heavy (non-hydrogen) atoms. The topological polar surface area (TPSA) is 78.0 Å². The van der Waals surface area contributed by atoms with Crippen LogP contribution in [0.4, 0.5) is 17.5 Å². The van der Waals surface area contributed by atoms with E-state index in [1.807, 2.05) is 24.3 Å². The quantitative estimate of drug-likeness (QED) is 0.898. The van der Waals surface area contributed by atoms with E-state index in [1.54, 1.807) is 6.20 Å². The molecule has 0 aliphatic carbocycles. The molecule has 8 nitrogen and oxygen atoms in total. The van der Waals surface area contributed by atoms with E-state index >= 15 is 0 Å². The highest BCUT2D eigenvalue weighted by atomic mass is 16.7. The number of ether oxygens (including phenoxy) is 4. The van der Waals surface area contributed by atoms with Gasteiger partial charge in [0.1, 0.15) is 5.82 Å². The van der Waals surface area contributed by atoms with Crippen molar-refractivity contribution in [2.45, 2.75) is 18.6 Å². The molecule has 8 heteroatoms. The van der Waals surface area contributed by atoms with Gasteiger partial charge >= 0.3 is 0 Å². The van der Waals surface area contributed by atoms with Crippen molar-refractivity contribution in [1.82, 2.24) is 9.97 Å². The summed E-state index contributed by atoms with van der Waals surface area (Å²) in [5.41, 5.74) is 0.858. The molecule has 1 spiro atoms. The summed E-state index contributed by atoms with van der Waals surface area (Å²) < 4.78 is 22.3. The molecule has 136 valence electrons. The third-order valence-corrected chi connectivity index (χ3v) is 4.93. The molecule has 0 bridgehead atoms. The minimum absolute atomic E-state index is 0.259. The number of nitrogens with zero attached hydrogens (tertiary/aromatic N) is 3. The van der Waals surface area contributed by atoms with Gasteiger partial charge in [-0.3, -0.25) is 0 Å². The highest BCUT2D eigenvalue weighted by Gasteiger charge is 2.40. The van der Waals surface area contributed by atoms with Gasteiger partial charge < -0.3 is 29.2 Å². The van der Waals surface area contributed by atoms with Gasteiger partial charge in [0.15, 0.2) is 17.3 Å². The normalized spacial score (nSPS) is 20.5. The Morgan fingerprint density at radius 2 is 1.81 bits per heavy atom. The maximum atomic E-state index is 5.79. The largest absolute Gasteiger partial charge is 0.454 e. The van der Waals surface area contributed by atoms with E-state index in [0.717, 1.165) is 48.9 Å². The van der Waals surface area contributed by atoms with Gasteiger partial charge in [-0.2, -0.15) is 4.98 Å². The monoisotopic (exact) mass is 356 g/mol.